The van der Waals surface area contributed by atoms with Gasteiger partial charge in [0.2, 0.25) is 0 Å². The van der Waals surface area contributed by atoms with Crippen LogP contribution in [0.15, 0.2) is 42.5 Å². The van der Waals surface area contributed by atoms with Gasteiger partial charge in [0.15, 0.2) is 0 Å². The summed E-state index contributed by atoms with van der Waals surface area (Å²) in [6.07, 6.45) is 0. The second-order valence-corrected chi connectivity index (χ2v) is 4.32. The van der Waals surface area contributed by atoms with Gasteiger partial charge >= 0.3 is 0 Å². The van der Waals surface area contributed by atoms with Crippen LogP contribution in [0.1, 0.15) is 16.7 Å². The van der Waals surface area contributed by atoms with E-state index in [1.807, 2.05) is 31.3 Å². The second kappa shape index (κ2) is 6.03. The summed E-state index contributed by atoms with van der Waals surface area (Å²) in [6, 6.07) is 15.2. The van der Waals surface area contributed by atoms with Crippen molar-refractivity contribution in [3.63, 3.8) is 0 Å². The summed E-state index contributed by atoms with van der Waals surface area (Å²) in [5.41, 5.74) is 2.97. The highest BCUT2D eigenvalue weighted by molar-refractivity contribution is 5.43. The molecule has 1 N–H and O–H groups in total. The minimum absolute atomic E-state index is 0.632. The van der Waals surface area contributed by atoms with E-state index >= 15 is 0 Å². The van der Waals surface area contributed by atoms with Gasteiger partial charge in [-0.3, -0.25) is 0 Å². The fraction of sp³-hybridized carbons (Fsp3) is 0.188. The zero-order chi connectivity index (χ0) is 13.7. The maximum atomic E-state index is 8.77. The Morgan fingerprint density at radius 1 is 1.16 bits per heavy atom. The number of nitriles is 1. The third-order valence-corrected chi connectivity index (χ3v) is 2.93. The molecule has 0 aliphatic carbocycles. The van der Waals surface area contributed by atoms with Gasteiger partial charge in [0.1, 0.15) is 11.5 Å². The van der Waals surface area contributed by atoms with E-state index < -0.39 is 0 Å². The van der Waals surface area contributed by atoms with Crippen molar-refractivity contribution in [3.05, 3.63) is 59.2 Å². The topological polar surface area (TPSA) is 45.0 Å². The van der Waals surface area contributed by atoms with Gasteiger partial charge in [0.05, 0.1) is 11.6 Å². The Balaban J connectivity index is 2.27. The van der Waals surface area contributed by atoms with Gasteiger partial charge in [-0.1, -0.05) is 12.1 Å². The maximum absolute atomic E-state index is 8.77. The van der Waals surface area contributed by atoms with E-state index in [4.69, 9.17) is 10.00 Å². The lowest BCUT2D eigenvalue weighted by molar-refractivity contribution is 0.473. The lowest BCUT2D eigenvalue weighted by Crippen LogP contribution is -2.08. The van der Waals surface area contributed by atoms with Crippen LogP contribution in [0.5, 0.6) is 11.5 Å². The monoisotopic (exact) mass is 252 g/mol. The lowest BCUT2D eigenvalue weighted by atomic mass is 10.1. The van der Waals surface area contributed by atoms with Crippen LogP contribution in [0.3, 0.4) is 0 Å². The highest BCUT2D eigenvalue weighted by Crippen LogP contribution is 2.27. The van der Waals surface area contributed by atoms with Crippen molar-refractivity contribution in [2.45, 2.75) is 13.5 Å². The van der Waals surface area contributed by atoms with Crippen molar-refractivity contribution in [1.29, 1.82) is 5.26 Å². The number of nitrogens with one attached hydrogen (secondary N) is 1. The molecule has 0 spiro atoms. The van der Waals surface area contributed by atoms with Crippen molar-refractivity contribution in [2.75, 3.05) is 7.05 Å². The Bertz CT molecular complexity index is 597. The van der Waals surface area contributed by atoms with Crippen LogP contribution in [0.2, 0.25) is 0 Å². The number of nitrogens with zero attached hydrogens (tertiary/aromatic N) is 1. The third-order valence-electron chi connectivity index (χ3n) is 2.93. The first-order valence-electron chi connectivity index (χ1n) is 6.15. The fourth-order valence-electron chi connectivity index (χ4n) is 1.90. The summed E-state index contributed by atoms with van der Waals surface area (Å²) in [7, 11) is 1.91. The molecule has 0 atom stereocenters. The zero-order valence-corrected chi connectivity index (χ0v) is 11.1. The van der Waals surface area contributed by atoms with Crippen LogP contribution < -0.4 is 10.1 Å². The van der Waals surface area contributed by atoms with E-state index in [0.29, 0.717) is 5.56 Å². The highest BCUT2D eigenvalue weighted by Gasteiger charge is 2.07. The molecule has 3 nitrogen and oxygen atoms in total. The standard InChI is InChI=1S/C16H16N2O/c1-12-4-3-5-16(15(12)11-18-2)19-14-8-6-13(10-17)7-9-14/h3-9,18H,11H2,1-2H3. The van der Waals surface area contributed by atoms with E-state index in [0.717, 1.165) is 23.6 Å². The first-order chi connectivity index (χ1) is 9.24. The molecule has 0 saturated heterocycles. The molecule has 19 heavy (non-hydrogen) atoms. The van der Waals surface area contributed by atoms with Crippen LogP contribution in [0.4, 0.5) is 0 Å². The van der Waals surface area contributed by atoms with Gasteiger partial charge in [-0.25, -0.2) is 0 Å². The molecule has 0 aromatic heterocycles. The van der Waals surface area contributed by atoms with Gasteiger partial charge < -0.3 is 10.1 Å². The quantitative estimate of drug-likeness (QED) is 0.907. The predicted molar refractivity (Wildman–Crippen MR) is 75.2 cm³/mol. The normalized spacial score (nSPS) is 9.95. The maximum Gasteiger partial charge on any atom is 0.132 e. The largest absolute Gasteiger partial charge is 0.457 e. The second-order valence-electron chi connectivity index (χ2n) is 4.32. The number of ether oxygens (including phenoxy) is 1. The van der Waals surface area contributed by atoms with Crippen LogP contribution in [0, 0.1) is 18.3 Å². The van der Waals surface area contributed by atoms with E-state index in [9.17, 15) is 0 Å². The SMILES string of the molecule is CNCc1c(C)cccc1Oc1ccc(C#N)cc1. The van der Waals surface area contributed by atoms with E-state index in [1.165, 1.54) is 5.56 Å². The minimum Gasteiger partial charge on any atom is -0.457 e. The molecule has 0 aliphatic rings. The molecule has 0 amide bonds. The average molecular weight is 252 g/mol. The first-order valence-corrected chi connectivity index (χ1v) is 6.15. The van der Waals surface area contributed by atoms with Gasteiger partial charge in [0, 0.05) is 12.1 Å². The Morgan fingerprint density at radius 3 is 2.53 bits per heavy atom. The molecule has 3 heteroatoms. The van der Waals surface area contributed by atoms with Crippen molar-refractivity contribution >= 4 is 0 Å². The molecule has 0 radical (unpaired) electrons. The van der Waals surface area contributed by atoms with Crippen molar-refractivity contribution in [1.82, 2.24) is 5.32 Å². The van der Waals surface area contributed by atoms with E-state index in [-0.39, 0.29) is 0 Å². The van der Waals surface area contributed by atoms with Crippen LogP contribution in [0.25, 0.3) is 0 Å². The summed E-state index contributed by atoms with van der Waals surface area (Å²) in [5, 5.41) is 11.9. The van der Waals surface area contributed by atoms with Gasteiger partial charge in [0.25, 0.3) is 0 Å². The summed E-state index contributed by atoms with van der Waals surface area (Å²) in [6.45, 7) is 2.83. The van der Waals surface area contributed by atoms with Gasteiger partial charge in [-0.15, -0.1) is 0 Å². The first kappa shape index (κ1) is 13.1. The smallest absolute Gasteiger partial charge is 0.132 e. The minimum atomic E-state index is 0.632. The molecule has 0 bridgehead atoms. The molecule has 0 unspecified atom stereocenters. The average Bonchev–Trinajstić information content (AvgIpc) is 2.43. The number of hydrogen-bond acceptors (Lipinski definition) is 3. The predicted octanol–water partition coefficient (Wildman–Crippen LogP) is 3.38. The van der Waals surface area contributed by atoms with E-state index in [2.05, 4.69) is 24.4 Å². The molecule has 0 saturated carbocycles. The van der Waals surface area contributed by atoms with Gasteiger partial charge in [-0.05, 0) is 49.9 Å². The molecular formula is C16H16N2O. The van der Waals surface area contributed by atoms with E-state index in [1.54, 1.807) is 12.1 Å². The lowest BCUT2D eigenvalue weighted by Gasteiger charge is -2.13. The van der Waals surface area contributed by atoms with Crippen molar-refractivity contribution in [3.8, 4) is 17.6 Å². The summed E-state index contributed by atoms with van der Waals surface area (Å²) < 4.78 is 5.89. The number of aryl methyl sites for hydroxylation is 1. The number of hydrogen-bond donors (Lipinski definition) is 1. The summed E-state index contributed by atoms with van der Waals surface area (Å²) in [4.78, 5) is 0. The molecule has 0 heterocycles. The highest BCUT2D eigenvalue weighted by atomic mass is 16.5. The molecular weight excluding hydrogens is 236 g/mol. The molecule has 2 aromatic carbocycles. The van der Waals surface area contributed by atoms with Crippen LogP contribution in [-0.2, 0) is 6.54 Å². The summed E-state index contributed by atoms with van der Waals surface area (Å²) >= 11 is 0. The zero-order valence-electron chi connectivity index (χ0n) is 11.1. The Labute approximate surface area is 113 Å². The summed E-state index contributed by atoms with van der Waals surface area (Å²) in [5.74, 6) is 1.58. The molecule has 96 valence electrons. The Hall–Kier alpha value is -2.31. The van der Waals surface area contributed by atoms with Crippen LogP contribution >= 0.6 is 0 Å². The number of rotatable bonds is 4. The van der Waals surface area contributed by atoms with Gasteiger partial charge in [-0.2, -0.15) is 5.26 Å². The molecule has 2 aromatic rings. The third kappa shape index (κ3) is 3.12. The Kier molecular flexibility index (Phi) is 4.17. The molecule has 0 aliphatic heterocycles. The van der Waals surface area contributed by atoms with Crippen LogP contribution in [-0.4, -0.2) is 7.05 Å². The number of benzene rings is 2. The van der Waals surface area contributed by atoms with Crippen molar-refractivity contribution < 1.29 is 4.74 Å². The van der Waals surface area contributed by atoms with Crippen molar-refractivity contribution in [2.24, 2.45) is 0 Å². The fourth-order valence-corrected chi connectivity index (χ4v) is 1.90. The Morgan fingerprint density at radius 2 is 1.89 bits per heavy atom. The molecule has 2 rings (SSSR count). The molecule has 0 fully saturated rings.